The first-order valence-electron chi connectivity index (χ1n) is 10.4. The standard InChI is InChI=1S/C24H23F2N3O3/c25-18-9-10-21(20(26)13-18)28-24(31)29-15-17(23(30)27-14-19-7-4-12-32-19)8-11-22(29)16-5-2-1-3-6-16/h1-7,9-10,12-13,17,22H,8,11,14-15H2,(H,27,30)(H,28,31)/t17-,22-/m1/s1. The molecule has 0 aliphatic carbocycles. The molecule has 1 aliphatic rings. The fraction of sp³-hybridized carbons (Fsp3) is 0.250. The molecule has 3 aromatic rings. The van der Waals surface area contributed by atoms with Gasteiger partial charge in [0.15, 0.2) is 0 Å². The Bertz CT molecular complexity index is 1070. The number of hydrogen-bond donors (Lipinski definition) is 2. The molecule has 0 bridgehead atoms. The van der Waals surface area contributed by atoms with Crippen LogP contribution in [0, 0.1) is 17.6 Å². The minimum Gasteiger partial charge on any atom is -0.467 e. The fourth-order valence-electron chi connectivity index (χ4n) is 3.94. The normalized spacial score (nSPS) is 18.2. The molecule has 1 fully saturated rings. The summed E-state index contributed by atoms with van der Waals surface area (Å²) in [6.07, 6.45) is 2.70. The van der Waals surface area contributed by atoms with Crippen molar-refractivity contribution >= 4 is 17.6 Å². The van der Waals surface area contributed by atoms with E-state index < -0.39 is 23.6 Å². The highest BCUT2D eigenvalue weighted by Crippen LogP contribution is 2.34. The van der Waals surface area contributed by atoms with Crippen LogP contribution in [0.1, 0.15) is 30.2 Å². The largest absolute Gasteiger partial charge is 0.467 e. The molecule has 3 amide bonds. The van der Waals surface area contributed by atoms with Crippen LogP contribution in [0.3, 0.4) is 0 Å². The van der Waals surface area contributed by atoms with Gasteiger partial charge in [0.25, 0.3) is 0 Å². The van der Waals surface area contributed by atoms with Gasteiger partial charge in [-0.2, -0.15) is 0 Å². The maximum atomic E-state index is 14.1. The van der Waals surface area contributed by atoms with Crippen molar-refractivity contribution in [3.8, 4) is 0 Å². The number of urea groups is 1. The summed E-state index contributed by atoms with van der Waals surface area (Å²) in [5.74, 6) is -1.56. The molecule has 1 aliphatic heterocycles. The van der Waals surface area contributed by atoms with E-state index in [1.54, 1.807) is 17.0 Å². The van der Waals surface area contributed by atoms with E-state index in [9.17, 15) is 18.4 Å². The van der Waals surface area contributed by atoms with Crippen molar-refractivity contribution in [2.24, 2.45) is 5.92 Å². The zero-order valence-corrected chi connectivity index (χ0v) is 17.3. The molecule has 0 unspecified atom stereocenters. The molecule has 2 aromatic carbocycles. The number of hydrogen-bond acceptors (Lipinski definition) is 3. The van der Waals surface area contributed by atoms with Gasteiger partial charge >= 0.3 is 6.03 Å². The van der Waals surface area contributed by atoms with E-state index in [2.05, 4.69) is 10.6 Å². The molecule has 2 N–H and O–H groups in total. The molecule has 32 heavy (non-hydrogen) atoms. The Morgan fingerprint density at radius 3 is 2.56 bits per heavy atom. The monoisotopic (exact) mass is 439 g/mol. The van der Waals surface area contributed by atoms with Crippen LogP contribution in [0.25, 0.3) is 0 Å². The molecular weight excluding hydrogens is 416 g/mol. The number of carbonyl (C=O) groups is 2. The number of nitrogens with zero attached hydrogens (tertiary/aromatic N) is 1. The van der Waals surface area contributed by atoms with Crippen LogP contribution in [-0.4, -0.2) is 23.4 Å². The predicted molar refractivity (Wildman–Crippen MR) is 115 cm³/mol. The molecule has 0 saturated carbocycles. The van der Waals surface area contributed by atoms with Crippen molar-refractivity contribution in [2.45, 2.75) is 25.4 Å². The van der Waals surface area contributed by atoms with Crippen LogP contribution in [-0.2, 0) is 11.3 Å². The second kappa shape index (κ2) is 9.64. The number of likely N-dealkylation sites (tertiary alicyclic amines) is 1. The van der Waals surface area contributed by atoms with Crippen molar-refractivity contribution in [1.82, 2.24) is 10.2 Å². The lowest BCUT2D eigenvalue weighted by atomic mass is 9.88. The highest BCUT2D eigenvalue weighted by Gasteiger charge is 2.35. The molecular formula is C24H23F2N3O3. The summed E-state index contributed by atoms with van der Waals surface area (Å²) in [4.78, 5) is 27.4. The third-order valence-corrected chi connectivity index (χ3v) is 5.59. The average molecular weight is 439 g/mol. The first-order chi connectivity index (χ1) is 15.5. The molecule has 4 rings (SSSR count). The van der Waals surface area contributed by atoms with Crippen molar-refractivity contribution in [3.05, 3.63) is 89.9 Å². The highest BCUT2D eigenvalue weighted by molar-refractivity contribution is 5.90. The molecule has 1 aromatic heterocycles. The Kier molecular flexibility index (Phi) is 6.49. The van der Waals surface area contributed by atoms with Gasteiger partial charge < -0.3 is 20.0 Å². The number of anilines is 1. The Morgan fingerprint density at radius 2 is 1.84 bits per heavy atom. The number of furan rings is 1. The third kappa shape index (κ3) is 4.96. The second-order valence-electron chi connectivity index (χ2n) is 7.70. The maximum absolute atomic E-state index is 14.1. The van der Waals surface area contributed by atoms with E-state index in [0.29, 0.717) is 24.7 Å². The molecule has 2 atom stereocenters. The predicted octanol–water partition coefficient (Wildman–Crippen LogP) is 4.86. The van der Waals surface area contributed by atoms with Crippen LogP contribution in [0.15, 0.2) is 71.3 Å². The van der Waals surface area contributed by atoms with Crippen LogP contribution in [0.5, 0.6) is 0 Å². The van der Waals surface area contributed by atoms with Gasteiger partial charge in [-0.25, -0.2) is 13.6 Å². The summed E-state index contributed by atoms with van der Waals surface area (Å²) >= 11 is 0. The molecule has 1 saturated heterocycles. The highest BCUT2D eigenvalue weighted by atomic mass is 19.1. The summed E-state index contributed by atoms with van der Waals surface area (Å²) in [7, 11) is 0. The lowest BCUT2D eigenvalue weighted by Gasteiger charge is -2.39. The zero-order valence-electron chi connectivity index (χ0n) is 17.3. The van der Waals surface area contributed by atoms with E-state index in [1.807, 2.05) is 30.3 Å². The van der Waals surface area contributed by atoms with Gasteiger partial charge in [0, 0.05) is 12.6 Å². The number of halogens is 2. The van der Waals surface area contributed by atoms with Gasteiger partial charge in [-0.15, -0.1) is 0 Å². The zero-order chi connectivity index (χ0) is 22.5. The van der Waals surface area contributed by atoms with E-state index in [1.165, 1.54) is 12.3 Å². The molecule has 2 heterocycles. The minimum absolute atomic E-state index is 0.118. The van der Waals surface area contributed by atoms with E-state index >= 15 is 0 Å². The Hall–Kier alpha value is -3.68. The molecule has 0 spiro atoms. The summed E-state index contributed by atoms with van der Waals surface area (Å²) in [6, 6.07) is 15.1. The van der Waals surface area contributed by atoms with Crippen molar-refractivity contribution in [1.29, 1.82) is 0 Å². The first-order valence-corrected chi connectivity index (χ1v) is 10.4. The molecule has 166 valence electrons. The summed E-state index contributed by atoms with van der Waals surface area (Å²) in [6.45, 7) is 0.426. The van der Waals surface area contributed by atoms with Crippen LogP contribution >= 0.6 is 0 Å². The number of piperidine rings is 1. The summed E-state index contributed by atoms with van der Waals surface area (Å²) < 4.78 is 32.6. The number of amides is 3. The second-order valence-corrected chi connectivity index (χ2v) is 7.70. The summed E-state index contributed by atoms with van der Waals surface area (Å²) in [5, 5.41) is 5.36. The van der Waals surface area contributed by atoms with Gasteiger partial charge in [-0.05, 0) is 42.7 Å². The molecule has 8 heteroatoms. The lowest BCUT2D eigenvalue weighted by molar-refractivity contribution is -0.127. The van der Waals surface area contributed by atoms with Gasteiger partial charge in [0.1, 0.15) is 17.4 Å². The van der Waals surface area contributed by atoms with Crippen LogP contribution in [0.2, 0.25) is 0 Å². The lowest BCUT2D eigenvalue weighted by Crippen LogP contribution is -2.48. The fourth-order valence-corrected chi connectivity index (χ4v) is 3.94. The van der Waals surface area contributed by atoms with E-state index in [-0.39, 0.29) is 30.7 Å². The van der Waals surface area contributed by atoms with Gasteiger partial charge in [0.05, 0.1) is 30.5 Å². The third-order valence-electron chi connectivity index (χ3n) is 5.59. The Balaban J connectivity index is 1.50. The van der Waals surface area contributed by atoms with E-state index in [0.717, 1.165) is 11.6 Å². The summed E-state index contributed by atoms with van der Waals surface area (Å²) in [5.41, 5.74) is 0.810. The quantitative estimate of drug-likeness (QED) is 0.596. The smallest absolute Gasteiger partial charge is 0.322 e. The number of rotatable bonds is 5. The van der Waals surface area contributed by atoms with Gasteiger partial charge in [0.2, 0.25) is 5.91 Å². The van der Waals surface area contributed by atoms with Gasteiger partial charge in [-0.3, -0.25) is 4.79 Å². The van der Waals surface area contributed by atoms with E-state index in [4.69, 9.17) is 4.42 Å². The van der Waals surface area contributed by atoms with Crippen LogP contribution in [0.4, 0.5) is 19.3 Å². The Morgan fingerprint density at radius 1 is 1.03 bits per heavy atom. The van der Waals surface area contributed by atoms with Gasteiger partial charge in [-0.1, -0.05) is 30.3 Å². The topological polar surface area (TPSA) is 74.6 Å². The Labute approximate surface area is 184 Å². The van der Waals surface area contributed by atoms with Crippen molar-refractivity contribution in [2.75, 3.05) is 11.9 Å². The number of nitrogens with one attached hydrogen (secondary N) is 2. The van der Waals surface area contributed by atoms with Crippen LogP contribution < -0.4 is 10.6 Å². The molecule has 0 radical (unpaired) electrons. The SMILES string of the molecule is O=C(NCc1ccco1)[C@@H]1CC[C@H](c2ccccc2)N(C(=O)Nc2ccc(F)cc2F)C1. The van der Waals surface area contributed by atoms with Crippen molar-refractivity contribution < 1.29 is 22.8 Å². The van der Waals surface area contributed by atoms with Crippen molar-refractivity contribution in [3.63, 3.8) is 0 Å². The first kappa shape index (κ1) is 21.5. The number of benzene rings is 2. The number of carbonyl (C=O) groups excluding carboxylic acids is 2. The minimum atomic E-state index is -0.862. The molecule has 6 nitrogen and oxygen atoms in total. The average Bonchev–Trinajstić information content (AvgIpc) is 3.33. The maximum Gasteiger partial charge on any atom is 0.322 e.